The first-order chi connectivity index (χ1) is 13.9. The van der Waals surface area contributed by atoms with Crippen LogP contribution in [0.3, 0.4) is 0 Å². The van der Waals surface area contributed by atoms with Crippen molar-refractivity contribution in [1.29, 1.82) is 0 Å². The molecule has 3 atom stereocenters. The van der Waals surface area contributed by atoms with Crippen LogP contribution in [0.25, 0.3) is 0 Å². The van der Waals surface area contributed by atoms with Gasteiger partial charge < -0.3 is 24.9 Å². The van der Waals surface area contributed by atoms with Crippen molar-refractivity contribution >= 4 is 18.1 Å². The van der Waals surface area contributed by atoms with Crippen LogP contribution >= 0.6 is 0 Å². The van der Waals surface area contributed by atoms with Crippen LogP contribution in [-0.4, -0.2) is 66.6 Å². The van der Waals surface area contributed by atoms with Crippen molar-refractivity contribution in [3.8, 4) is 0 Å². The lowest BCUT2D eigenvalue weighted by molar-refractivity contribution is -0.146. The third kappa shape index (κ3) is 8.05. The Morgan fingerprint density at radius 1 is 1.07 bits per heavy atom. The van der Waals surface area contributed by atoms with Gasteiger partial charge in [-0.3, -0.25) is 9.59 Å². The van der Waals surface area contributed by atoms with Crippen LogP contribution in [0.1, 0.15) is 72.1 Å². The number of likely N-dealkylation sites (tertiary alicyclic amines) is 1. The van der Waals surface area contributed by atoms with Gasteiger partial charge in [0.15, 0.2) is 0 Å². The van der Waals surface area contributed by atoms with Crippen molar-refractivity contribution in [2.75, 3.05) is 20.3 Å². The summed E-state index contributed by atoms with van der Waals surface area (Å²) in [4.78, 5) is 38.5. The molecule has 7 nitrogen and oxygen atoms in total. The van der Waals surface area contributed by atoms with Crippen molar-refractivity contribution < 1.29 is 24.2 Å². The summed E-state index contributed by atoms with van der Waals surface area (Å²) >= 11 is 0. The fourth-order valence-electron chi connectivity index (χ4n) is 3.99. The van der Waals surface area contributed by atoms with Gasteiger partial charge in [-0.2, -0.15) is 0 Å². The van der Waals surface area contributed by atoms with E-state index in [1.165, 1.54) is 32.1 Å². The summed E-state index contributed by atoms with van der Waals surface area (Å²) in [7, 11) is 1.00. The van der Waals surface area contributed by atoms with Crippen LogP contribution in [0.5, 0.6) is 0 Å². The minimum Gasteiger partial charge on any atom is -0.400 e. The Bertz CT molecular complexity index is 505. The number of nitrogens with zero attached hydrogens (tertiary/aromatic N) is 1. The molecule has 0 radical (unpaired) electrons. The van der Waals surface area contributed by atoms with Crippen molar-refractivity contribution in [2.45, 2.75) is 90.3 Å². The maximum atomic E-state index is 13.2. The molecule has 3 unspecified atom stereocenters. The zero-order valence-electron chi connectivity index (χ0n) is 18.6. The lowest BCUT2D eigenvalue weighted by atomic mass is 9.90. The van der Waals surface area contributed by atoms with E-state index in [-0.39, 0.29) is 17.7 Å². The van der Waals surface area contributed by atoms with Crippen LogP contribution < -0.4 is 5.32 Å². The molecular weight excluding hydrogens is 372 g/mol. The molecule has 1 heterocycles. The molecule has 2 aliphatic rings. The van der Waals surface area contributed by atoms with E-state index in [1.807, 2.05) is 6.92 Å². The van der Waals surface area contributed by atoms with Crippen molar-refractivity contribution in [3.63, 3.8) is 0 Å². The van der Waals surface area contributed by atoms with Gasteiger partial charge in [-0.25, -0.2) is 0 Å². The molecule has 2 fully saturated rings. The number of aliphatic hydroxyl groups excluding tert-OH is 1. The summed E-state index contributed by atoms with van der Waals surface area (Å²) in [6.45, 7) is 6.65. The normalized spacial score (nSPS) is 22.3. The zero-order valence-corrected chi connectivity index (χ0v) is 18.6. The van der Waals surface area contributed by atoms with Gasteiger partial charge in [0.2, 0.25) is 11.8 Å². The summed E-state index contributed by atoms with van der Waals surface area (Å²) in [6, 6.07) is -1.14. The maximum Gasteiger partial charge on any atom is 0.248 e. The molecule has 29 heavy (non-hydrogen) atoms. The predicted molar refractivity (Wildman–Crippen MR) is 112 cm³/mol. The van der Waals surface area contributed by atoms with Gasteiger partial charge >= 0.3 is 0 Å². The molecule has 1 saturated heterocycles. The minimum atomic E-state index is -0.746. The third-order valence-corrected chi connectivity index (χ3v) is 5.87. The van der Waals surface area contributed by atoms with Gasteiger partial charge in [0, 0.05) is 26.2 Å². The first kappa shape index (κ1) is 25.6. The Hall–Kier alpha value is -1.47. The maximum absolute atomic E-state index is 13.2. The number of piperidine rings is 1. The molecular formula is C22H40N2O5. The van der Waals surface area contributed by atoms with E-state index >= 15 is 0 Å². The Labute approximate surface area is 175 Å². The number of carbonyl (C=O) groups is 3. The highest BCUT2D eigenvalue weighted by atomic mass is 16.5. The van der Waals surface area contributed by atoms with Gasteiger partial charge in [0.25, 0.3) is 0 Å². The smallest absolute Gasteiger partial charge is 0.248 e. The SMILES string of the molecule is CC(C)C(=O)NC(C(=O)N1CCCCC1C=O)C(C)OCC1CCCCC1.CO. The first-order valence-corrected chi connectivity index (χ1v) is 11.1. The topological polar surface area (TPSA) is 95.9 Å². The number of hydrogen-bond acceptors (Lipinski definition) is 5. The molecule has 2 rings (SSSR count). The minimum absolute atomic E-state index is 0.166. The number of rotatable bonds is 8. The van der Waals surface area contributed by atoms with E-state index in [0.717, 1.165) is 26.2 Å². The lowest BCUT2D eigenvalue weighted by Gasteiger charge is -2.37. The average Bonchev–Trinajstić information content (AvgIpc) is 2.77. The monoisotopic (exact) mass is 412 g/mol. The van der Waals surface area contributed by atoms with E-state index < -0.39 is 18.2 Å². The van der Waals surface area contributed by atoms with E-state index in [1.54, 1.807) is 18.7 Å². The highest BCUT2D eigenvalue weighted by molar-refractivity contribution is 5.90. The Morgan fingerprint density at radius 2 is 1.69 bits per heavy atom. The molecule has 2 N–H and O–H groups in total. The van der Waals surface area contributed by atoms with Crippen LogP contribution in [-0.2, 0) is 19.1 Å². The van der Waals surface area contributed by atoms with Crippen molar-refractivity contribution in [1.82, 2.24) is 10.2 Å². The number of ether oxygens (including phenoxy) is 1. The van der Waals surface area contributed by atoms with E-state index in [0.29, 0.717) is 25.5 Å². The lowest BCUT2D eigenvalue weighted by Crippen LogP contribution is -2.58. The quantitative estimate of drug-likeness (QED) is 0.597. The Balaban J connectivity index is 0.00000204. The van der Waals surface area contributed by atoms with Gasteiger partial charge in [-0.1, -0.05) is 33.1 Å². The summed E-state index contributed by atoms with van der Waals surface area (Å²) in [6.07, 6.45) is 9.07. The largest absolute Gasteiger partial charge is 0.400 e. The van der Waals surface area contributed by atoms with E-state index in [2.05, 4.69) is 5.32 Å². The van der Waals surface area contributed by atoms with Crippen LogP contribution in [0, 0.1) is 11.8 Å². The zero-order chi connectivity index (χ0) is 21.8. The fraction of sp³-hybridized carbons (Fsp3) is 0.864. The van der Waals surface area contributed by atoms with Crippen LogP contribution in [0.15, 0.2) is 0 Å². The van der Waals surface area contributed by atoms with Gasteiger partial charge in [-0.15, -0.1) is 0 Å². The molecule has 0 bridgehead atoms. The third-order valence-electron chi connectivity index (χ3n) is 5.87. The van der Waals surface area contributed by atoms with E-state index in [9.17, 15) is 14.4 Å². The van der Waals surface area contributed by atoms with Gasteiger partial charge in [-0.05, 0) is 44.9 Å². The van der Waals surface area contributed by atoms with Crippen molar-refractivity contribution in [3.05, 3.63) is 0 Å². The number of aldehydes is 1. The fourth-order valence-corrected chi connectivity index (χ4v) is 3.99. The molecule has 168 valence electrons. The number of aliphatic hydroxyl groups is 1. The van der Waals surface area contributed by atoms with Gasteiger partial charge in [0.1, 0.15) is 12.3 Å². The molecule has 1 aliphatic heterocycles. The highest BCUT2D eigenvalue weighted by Gasteiger charge is 2.36. The second-order valence-corrected chi connectivity index (χ2v) is 8.41. The molecule has 7 heteroatoms. The predicted octanol–water partition coefficient (Wildman–Crippen LogP) is 2.30. The Kier molecular flexibility index (Phi) is 12.1. The highest BCUT2D eigenvalue weighted by Crippen LogP contribution is 2.25. The summed E-state index contributed by atoms with van der Waals surface area (Å²) in [5.41, 5.74) is 0. The van der Waals surface area contributed by atoms with Gasteiger partial charge in [0.05, 0.1) is 12.1 Å². The second-order valence-electron chi connectivity index (χ2n) is 8.41. The number of carbonyl (C=O) groups excluding carboxylic acids is 3. The standard InChI is InChI=1S/C21H36N2O4.CH4O/c1-15(2)20(25)22-19(16(3)27-14-17-9-5-4-6-10-17)21(26)23-12-8-7-11-18(23)13-24;1-2/h13,15-19H,4-12,14H2,1-3H3,(H,22,25);2H,1H3. The summed E-state index contributed by atoms with van der Waals surface area (Å²) in [5.74, 6) is -0.0393. The molecule has 0 aromatic heterocycles. The average molecular weight is 413 g/mol. The van der Waals surface area contributed by atoms with Crippen molar-refractivity contribution in [2.24, 2.45) is 11.8 Å². The summed E-state index contributed by atoms with van der Waals surface area (Å²) < 4.78 is 6.05. The molecule has 1 saturated carbocycles. The summed E-state index contributed by atoms with van der Waals surface area (Å²) in [5, 5.41) is 9.87. The number of hydrogen-bond donors (Lipinski definition) is 2. The molecule has 0 spiro atoms. The molecule has 1 aliphatic carbocycles. The van der Waals surface area contributed by atoms with E-state index in [4.69, 9.17) is 9.84 Å². The second kappa shape index (κ2) is 13.7. The number of nitrogens with one attached hydrogen (secondary N) is 1. The molecule has 2 amide bonds. The van der Waals surface area contributed by atoms with Crippen LogP contribution in [0.2, 0.25) is 0 Å². The Morgan fingerprint density at radius 3 is 2.28 bits per heavy atom. The molecule has 0 aromatic carbocycles. The number of amides is 2. The van der Waals surface area contributed by atoms with Crippen LogP contribution in [0.4, 0.5) is 0 Å². The first-order valence-electron chi connectivity index (χ1n) is 11.1. The molecule has 0 aromatic rings.